The number of nitrogens with one attached hydrogen (secondary N) is 1. The lowest BCUT2D eigenvalue weighted by atomic mass is 10.2. The molecule has 2 aromatic rings. The predicted molar refractivity (Wildman–Crippen MR) is 119 cm³/mol. The topological polar surface area (TPSA) is 68.7 Å². The van der Waals surface area contributed by atoms with Gasteiger partial charge in [0.1, 0.15) is 5.01 Å². The average Bonchev–Trinajstić information content (AvgIpc) is 3.09. The highest BCUT2D eigenvalue weighted by Gasteiger charge is 2.19. The Balaban J connectivity index is 1.35. The number of aliphatic hydroxyl groups is 1. The normalized spacial score (nSPS) is 15.0. The Morgan fingerprint density at radius 2 is 2.03 bits per heavy atom. The molecule has 0 spiro atoms. The molecule has 0 radical (unpaired) electrons. The van der Waals surface area contributed by atoms with Gasteiger partial charge in [0, 0.05) is 37.5 Å². The van der Waals surface area contributed by atoms with E-state index in [0.717, 1.165) is 54.7 Å². The molecular weight excluding hydrogens is 431 g/mol. The predicted octanol–water partition coefficient (Wildman–Crippen LogP) is 3.47. The maximum absolute atomic E-state index is 12.1. The molecule has 1 aliphatic heterocycles. The zero-order valence-electron chi connectivity index (χ0n) is 16.5. The molecule has 1 fully saturated rings. The minimum atomic E-state index is -0.0624. The van der Waals surface area contributed by atoms with E-state index >= 15 is 0 Å². The molecule has 1 aliphatic rings. The van der Waals surface area contributed by atoms with Gasteiger partial charge < -0.3 is 15.3 Å². The summed E-state index contributed by atoms with van der Waals surface area (Å²) in [7, 11) is 0. The fourth-order valence-corrected chi connectivity index (χ4v) is 4.68. The molecule has 3 rings (SSSR count). The van der Waals surface area contributed by atoms with Crippen LogP contribution in [-0.2, 0) is 17.9 Å². The number of amides is 1. The zero-order valence-corrected chi connectivity index (χ0v) is 18.8. The SMILES string of the molecule is Cc1sc(CNC(=O)CCCN2CCN(c3cccc(Cl)c3Cl)CC2)nc1CO. The maximum Gasteiger partial charge on any atom is 0.220 e. The van der Waals surface area contributed by atoms with Gasteiger partial charge in [-0.15, -0.1) is 11.3 Å². The van der Waals surface area contributed by atoms with E-state index in [1.165, 1.54) is 11.3 Å². The van der Waals surface area contributed by atoms with E-state index in [0.29, 0.717) is 28.7 Å². The lowest BCUT2D eigenvalue weighted by molar-refractivity contribution is -0.121. The van der Waals surface area contributed by atoms with Crippen molar-refractivity contribution in [3.05, 3.63) is 43.8 Å². The van der Waals surface area contributed by atoms with Gasteiger partial charge in [-0.3, -0.25) is 9.69 Å². The summed E-state index contributed by atoms with van der Waals surface area (Å²) >= 11 is 14.0. The van der Waals surface area contributed by atoms with Gasteiger partial charge in [0.15, 0.2) is 0 Å². The fraction of sp³-hybridized carbons (Fsp3) is 0.500. The Bertz CT molecular complexity index is 838. The third kappa shape index (κ3) is 6.06. The van der Waals surface area contributed by atoms with E-state index in [-0.39, 0.29) is 12.5 Å². The quantitative estimate of drug-likeness (QED) is 0.636. The molecule has 0 bridgehead atoms. The molecule has 1 amide bonds. The second-order valence-corrected chi connectivity index (χ2v) is 9.12. The molecule has 0 unspecified atom stereocenters. The molecule has 158 valence electrons. The van der Waals surface area contributed by atoms with Crippen LogP contribution in [0.5, 0.6) is 0 Å². The Morgan fingerprint density at radius 1 is 1.28 bits per heavy atom. The van der Waals surface area contributed by atoms with E-state index in [4.69, 9.17) is 23.2 Å². The van der Waals surface area contributed by atoms with Crippen molar-refractivity contribution in [3.8, 4) is 0 Å². The van der Waals surface area contributed by atoms with Crippen molar-refractivity contribution in [2.45, 2.75) is 32.9 Å². The van der Waals surface area contributed by atoms with Crippen LogP contribution < -0.4 is 10.2 Å². The maximum atomic E-state index is 12.1. The standard InChI is InChI=1S/C20H26Cl2N4O2S/c1-14-16(13-27)24-19(29-14)12-23-18(28)6-3-7-25-8-10-26(11-9-25)17-5-2-4-15(21)20(17)22/h2,4-5,27H,3,6-13H2,1H3,(H,23,28). The van der Waals surface area contributed by atoms with Crippen LogP contribution in [0.15, 0.2) is 18.2 Å². The molecule has 1 aromatic heterocycles. The Labute approximate surface area is 185 Å². The Hall–Kier alpha value is -1.38. The number of aromatic nitrogens is 1. The first-order chi connectivity index (χ1) is 14.0. The van der Waals surface area contributed by atoms with Crippen LogP contribution in [0.25, 0.3) is 0 Å². The lowest BCUT2D eigenvalue weighted by Gasteiger charge is -2.36. The third-order valence-corrected chi connectivity index (χ3v) is 6.87. The van der Waals surface area contributed by atoms with Gasteiger partial charge in [-0.1, -0.05) is 29.3 Å². The summed E-state index contributed by atoms with van der Waals surface area (Å²) in [4.78, 5) is 22.0. The lowest BCUT2D eigenvalue weighted by Crippen LogP contribution is -2.46. The van der Waals surface area contributed by atoms with Crippen molar-refractivity contribution in [1.29, 1.82) is 0 Å². The van der Waals surface area contributed by atoms with Crippen LogP contribution in [0.4, 0.5) is 5.69 Å². The molecule has 1 saturated heterocycles. The minimum Gasteiger partial charge on any atom is -0.390 e. The number of rotatable bonds is 8. The number of piperazine rings is 1. The molecule has 9 heteroatoms. The highest BCUT2D eigenvalue weighted by atomic mass is 35.5. The molecule has 2 heterocycles. The number of carbonyl (C=O) groups is 1. The molecule has 0 saturated carbocycles. The van der Waals surface area contributed by atoms with Crippen LogP contribution in [0.1, 0.15) is 28.4 Å². The number of benzene rings is 1. The molecular formula is C20H26Cl2N4O2S. The summed E-state index contributed by atoms with van der Waals surface area (Å²) in [5.74, 6) is 0.0350. The summed E-state index contributed by atoms with van der Waals surface area (Å²) < 4.78 is 0. The van der Waals surface area contributed by atoms with Crippen molar-refractivity contribution in [2.24, 2.45) is 0 Å². The Kier molecular flexibility index (Phi) is 8.15. The highest BCUT2D eigenvalue weighted by molar-refractivity contribution is 7.11. The molecule has 0 atom stereocenters. The van der Waals surface area contributed by atoms with E-state index < -0.39 is 0 Å². The van der Waals surface area contributed by atoms with Gasteiger partial charge in [-0.2, -0.15) is 0 Å². The van der Waals surface area contributed by atoms with Crippen molar-refractivity contribution in [3.63, 3.8) is 0 Å². The Morgan fingerprint density at radius 3 is 2.72 bits per heavy atom. The molecule has 29 heavy (non-hydrogen) atoms. The van der Waals surface area contributed by atoms with Crippen LogP contribution >= 0.6 is 34.5 Å². The number of nitrogens with zero attached hydrogens (tertiary/aromatic N) is 3. The number of halogens is 2. The minimum absolute atomic E-state index is 0.0350. The van der Waals surface area contributed by atoms with Gasteiger partial charge in [-0.25, -0.2) is 4.98 Å². The second kappa shape index (κ2) is 10.6. The van der Waals surface area contributed by atoms with Crippen molar-refractivity contribution < 1.29 is 9.90 Å². The van der Waals surface area contributed by atoms with Gasteiger partial charge >= 0.3 is 0 Å². The van der Waals surface area contributed by atoms with Crippen molar-refractivity contribution >= 4 is 46.1 Å². The summed E-state index contributed by atoms with van der Waals surface area (Å²) in [6, 6.07) is 5.73. The molecule has 2 N–H and O–H groups in total. The van der Waals surface area contributed by atoms with Crippen LogP contribution in [0.3, 0.4) is 0 Å². The highest BCUT2D eigenvalue weighted by Crippen LogP contribution is 2.32. The van der Waals surface area contributed by atoms with Crippen LogP contribution in [-0.4, -0.2) is 53.6 Å². The number of carbonyl (C=O) groups excluding carboxylic acids is 1. The van der Waals surface area contributed by atoms with E-state index in [1.807, 2.05) is 19.1 Å². The summed E-state index contributed by atoms with van der Waals surface area (Å²) in [5, 5.41) is 14.1. The zero-order chi connectivity index (χ0) is 20.8. The molecule has 6 nitrogen and oxygen atoms in total. The van der Waals surface area contributed by atoms with E-state index in [1.54, 1.807) is 6.07 Å². The van der Waals surface area contributed by atoms with Crippen LogP contribution in [0.2, 0.25) is 10.0 Å². The summed E-state index contributed by atoms with van der Waals surface area (Å²) in [5.41, 5.74) is 1.68. The van der Waals surface area contributed by atoms with Crippen molar-refractivity contribution in [2.75, 3.05) is 37.6 Å². The monoisotopic (exact) mass is 456 g/mol. The van der Waals surface area contributed by atoms with E-state index in [2.05, 4.69) is 20.1 Å². The number of aryl methyl sites for hydroxylation is 1. The molecule has 0 aliphatic carbocycles. The van der Waals surface area contributed by atoms with Gasteiger partial charge in [0.05, 0.1) is 34.6 Å². The van der Waals surface area contributed by atoms with Crippen LogP contribution in [0, 0.1) is 6.92 Å². The number of anilines is 1. The number of hydrogen-bond donors (Lipinski definition) is 2. The van der Waals surface area contributed by atoms with Crippen molar-refractivity contribution in [1.82, 2.24) is 15.2 Å². The van der Waals surface area contributed by atoms with E-state index in [9.17, 15) is 9.90 Å². The van der Waals surface area contributed by atoms with Gasteiger partial charge in [0.2, 0.25) is 5.91 Å². The van der Waals surface area contributed by atoms with Gasteiger partial charge in [0.25, 0.3) is 0 Å². The summed E-state index contributed by atoms with van der Waals surface area (Å²) in [6.07, 6.45) is 1.32. The number of hydrogen-bond acceptors (Lipinski definition) is 6. The van der Waals surface area contributed by atoms with Gasteiger partial charge in [-0.05, 0) is 32.0 Å². The number of aliphatic hydroxyl groups excluding tert-OH is 1. The fourth-order valence-electron chi connectivity index (χ4n) is 3.38. The average molecular weight is 457 g/mol. The third-order valence-electron chi connectivity index (χ3n) is 5.05. The first-order valence-electron chi connectivity index (χ1n) is 9.72. The number of thiazole rings is 1. The largest absolute Gasteiger partial charge is 0.390 e. The summed E-state index contributed by atoms with van der Waals surface area (Å²) in [6.45, 7) is 6.84. The first kappa shape index (κ1) is 22.3. The second-order valence-electron chi connectivity index (χ2n) is 7.05. The smallest absolute Gasteiger partial charge is 0.220 e. The molecule has 1 aromatic carbocycles. The first-order valence-corrected chi connectivity index (χ1v) is 11.3.